The molecule has 0 spiro atoms. The first kappa shape index (κ1) is 15.4. The van der Waals surface area contributed by atoms with Crippen LogP contribution in [-0.4, -0.2) is 34.5 Å². The van der Waals surface area contributed by atoms with E-state index in [4.69, 9.17) is 10.8 Å². The summed E-state index contributed by atoms with van der Waals surface area (Å²) in [5, 5.41) is 11.6. The van der Waals surface area contributed by atoms with Crippen molar-refractivity contribution in [2.45, 2.75) is 19.4 Å². The number of carboxylic acid groups (broad SMARTS) is 1. The van der Waals surface area contributed by atoms with E-state index < -0.39 is 17.9 Å². The summed E-state index contributed by atoms with van der Waals surface area (Å²) in [6.07, 6.45) is 0.411. The second-order valence-electron chi connectivity index (χ2n) is 3.97. The zero-order valence-electron chi connectivity index (χ0n) is 10.8. The lowest BCUT2D eigenvalue weighted by atomic mass is 10.1. The predicted octanol–water partition coefficient (Wildman–Crippen LogP) is 1.60. The van der Waals surface area contributed by atoms with E-state index in [1.54, 1.807) is 36.0 Å². The topological polar surface area (TPSA) is 92.4 Å². The monoisotopic (exact) mass is 282 g/mol. The van der Waals surface area contributed by atoms with E-state index in [1.165, 1.54) is 0 Å². The number of amides is 1. The summed E-state index contributed by atoms with van der Waals surface area (Å²) in [6, 6.07) is 5.51. The first-order chi connectivity index (χ1) is 9.04. The highest BCUT2D eigenvalue weighted by Gasteiger charge is 2.20. The number of benzene rings is 1. The summed E-state index contributed by atoms with van der Waals surface area (Å²) in [5.41, 5.74) is 6.50. The quantitative estimate of drug-likeness (QED) is 0.522. The molecule has 19 heavy (non-hydrogen) atoms. The Kier molecular flexibility index (Phi) is 6.21. The normalized spacial score (nSPS) is 11.8. The van der Waals surface area contributed by atoms with Crippen molar-refractivity contribution in [3.05, 3.63) is 29.8 Å². The van der Waals surface area contributed by atoms with Gasteiger partial charge in [0.2, 0.25) is 0 Å². The second kappa shape index (κ2) is 7.68. The first-order valence-electron chi connectivity index (χ1n) is 6.01. The van der Waals surface area contributed by atoms with Crippen LogP contribution >= 0.6 is 11.8 Å². The summed E-state index contributed by atoms with van der Waals surface area (Å²) in [7, 11) is 0. The van der Waals surface area contributed by atoms with Gasteiger partial charge in [0.05, 0.1) is 0 Å². The molecule has 0 bridgehead atoms. The van der Waals surface area contributed by atoms with Crippen LogP contribution in [0.5, 0.6) is 0 Å². The van der Waals surface area contributed by atoms with Gasteiger partial charge in [-0.15, -0.1) is 0 Å². The number of anilines is 1. The standard InChI is InChI=1S/C13H18N2O3S/c1-2-19-8-7-11(13(17)18)15-12(16)9-3-5-10(14)6-4-9/h3-6,11H,2,7-8,14H2,1H3,(H,15,16)(H,17,18)/t11-/m0/s1. The Balaban J connectivity index is 2.60. The molecular formula is C13H18N2O3S. The summed E-state index contributed by atoms with van der Waals surface area (Å²) >= 11 is 1.65. The van der Waals surface area contributed by atoms with Crippen molar-refractivity contribution in [2.24, 2.45) is 0 Å². The van der Waals surface area contributed by atoms with Crippen molar-refractivity contribution in [3.63, 3.8) is 0 Å². The Morgan fingerprint density at radius 2 is 2.00 bits per heavy atom. The van der Waals surface area contributed by atoms with Crippen molar-refractivity contribution in [3.8, 4) is 0 Å². The van der Waals surface area contributed by atoms with E-state index in [2.05, 4.69) is 5.32 Å². The molecule has 0 aromatic heterocycles. The lowest BCUT2D eigenvalue weighted by Gasteiger charge is -2.14. The van der Waals surface area contributed by atoms with E-state index in [1.807, 2.05) is 6.92 Å². The second-order valence-corrected chi connectivity index (χ2v) is 5.37. The Hall–Kier alpha value is -1.69. The predicted molar refractivity (Wildman–Crippen MR) is 77.4 cm³/mol. The largest absolute Gasteiger partial charge is 0.480 e. The Morgan fingerprint density at radius 1 is 1.37 bits per heavy atom. The number of nitrogens with one attached hydrogen (secondary N) is 1. The van der Waals surface area contributed by atoms with Crippen LogP contribution in [0, 0.1) is 0 Å². The third-order valence-corrected chi connectivity index (χ3v) is 3.46. The van der Waals surface area contributed by atoms with Crippen molar-refractivity contribution in [2.75, 3.05) is 17.2 Å². The number of nitrogen functional groups attached to an aromatic ring is 1. The fourth-order valence-electron chi connectivity index (χ4n) is 1.48. The van der Waals surface area contributed by atoms with E-state index in [-0.39, 0.29) is 0 Å². The van der Waals surface area contributed by atoms with Gasteiger partial charge < -0.3 is 16.2 Å². The number of nitrogens with two attached hydrogens (primary N) is 1. The van der Waals surface area contributed by atoms with Gasteiger partial charge >= 0.3 is 5.97 Å². The van der Waals surface area contributed by atoms with Gasteiger partial charge in [0.1, 0.15) is 6.04 Å². The van der Waals surface area contributed by atoms with Gasteiger partial charge in [-0.3, -0.25) is 4.79 Å². The van der Waals surface area contributed by atoms with E-state index in [0.717, 1.165) is 5.75 Å². The molecule has 1 aromatic rings. The molecule has 0 heterocycles. The Bertz CT molecular complexity index is 434. The molecule has 0 fully saturated rings. The average molecular weight is 282 g/mol. The number of rotatable bonds is 7. The van der Waals surface area contributed by atoms with Crippen LogP contribution in [0.4, 0.5) is 5.69 Å². The van der Waals surface area contributed by atoms with Gasteiger partial charge in [0.25, 0.3) is 5.91 Å². The van der Waals surface area contributed by atoms with E-state index in [9.17, 15) is 9.59 Å². The molecule has 6 heteroatoms. The van der Waals surface area contributed by atoms with Crippen LogP contribution in [-0.2, 0) is 4.79 Å². The molecule has 0 aliphatic heterocycles. The number of carbonyl (C=O) groups is 2. The minimum atomic E-state index is -1.01. The van der Waals surface area contributed by atoms with Crippen LogP contribution < -0.4 is 11.1 Å². The number of carboxylic acids is 1. The molecule has 0 aliphatic carbocycles. The molecule has 0 aliphatic rings. The molecule has 0 unspecified atom stereocenters. The highest BCUT2D eigenvalue weighted by atomic mass is 32.2. The maximum Gasteiger partial charge on any atom is 0.326 e. The van der Waals surface area contributed by atoms with Crippen molar-refractivity contribution in [1.29, 1.82) is 0 Å². The van der Waals surface area contributed by atoms with Crippen molar-refractivity contribution >= 4 is 29.3 Å². The van der Waals surface area contributed by atoms with Gasteiger partial charge in [0.15, 0.2) is 0 Å². The molecule has 104 valence electrons. The molecule has 0 saturated carbocycles. The number of hydrogen-bond donors (Lipinski definition) is 3. The Labute approximate surface area is 116 Å². The van der Waals surface area contributed by atoms with Gasteiger partial charge in [-0.05, 0) is 42.2 Å². The van der Waals surface area contributed by atoms with Crippen LogP contribution in [0.1, 0.15) is 23.7 Å². The molecule has 4 N–H and O–H groups in total. The highest BCUT2D eigenvalue weighted by Crippen LogP contribution is 2.08. The SMILES string of the molecule is CCSCC[C@H](NC(=O)c1ccc(N)cc1)C(=O)O. The lowest BCUT2D eigenvalue weighted by molar-refractivity contribution is -0.139. The van der Waals surface area contributed by atoms with E-state index >= 15 is 0 Å². The summed E-state index contributed by atoms with van der Waals surface area (Å²) in [5.74, 6) is 0.225. The molecule has 0 radical (unpaired) electrons. The first-order valence-corrected chi connectivity index (χ1v) is 7.17. The molecule has 1 aromatic carbocycles. The summed E-state index contributed by atoms with van der Waals surface area (Å²) in [4.78, 5) is 23.0. The number of thioether (sulfide) groups is 1. The fourth-order valence-corrected chi connectivity index (χ4v) is 2.17. The smallest absolute Gasteiger partial charge is 0.326 e. The minimum absolute atomic E-state index is 0.395. The number of hydrogen-bond acceptors (Lipinski definition) is 4. The summed E-state index contributed by atoms with van der Waals surface area (Å²) in [6.45, 7) is 2.01. The van der Waals surface area contributed by atoms with Crippen molar-refractivity contribution in [1.82, 2.24) is 5.32 Å². The van der Waals surface area contributed by atoms with Gasteiger partial charge in [0, 0.05) is 11.3 Å². The van der Waals surface area contributed by atoms with Gasteiger partial charge in [-0.25, -0.2) is 4.79 Å². The fraction of sp³-hybridized carbons (Fsp3) is 0.385. The Morgan fingerprint density at radius 3 is 2.53 bits per heavy atom. The average Bonchev–Trinajstić information content (AvgIpc) is 2.38. The molecular weight excluding hydrogens is 264 g/mol. The van der Waals surface area contributed by atoms with Crippen molar-refractivity contribution < 1.29 is 14.7 Å². The maximum atomic E-state index is 11.9. The number of aliphatic carboxylic acids is 1. The van der Waals surface area contributed by atoms with Gasteiger partial charge in [-0.1, -0.05) is 6.92 Å². The van der Waals surface area contributed by atoms with Crippen LogP contribution in [0.3, 0.4) is 0 Å². The van der Waals surface area contributed by atoms with Crippen LogP contribution in [0.25, 0.3) is 0 Å². The zero-order valence-corrected chi connectivity index (χ0v) is 11.6. The van der Waals surface area contributed by atoms with E-state index in [0.29, 0.717) is 23.4 Å². The molecule has 1 rings (SSSR count). The third kappa shape index (κ3) is 5.21. The molecule has 5 nitrogen and oxygen atoms in total. The molecule has 0 saturated heterocycles. The highest BCUT2D eigenvalue weighted by molar-refractivity contribution is 7.99. The van der Waals surface area contributed by atoms with Crippen LogP contribution in [0.2, 0.25) is 0 Å². The number of carbonyl (C=O) groups excluding carboxylic acids is 1. The van der Waals surface area contributed by atoms with Crippen LogP contribution in [0.15, 0.2) is 24.3 Å². The third-order valence-electron chi connectivity index (χ3n) is 2.53. The molecule has 1 atom stereocenters. The zero-order chi connectivity index (χ0) is 14.3. The summed E-state index contributed by atoms with van der Waals surface area (Å²) < 4.78 is 0. The molecule has 1 amide bonds. The maximum absolute atomic E-state index is 11.9. The lowest BCUT2D eigenvalue weighted by Crippen LogP contribution is -2.41. The minimum Gasteiger partial charge on any atom is -0.480 e. The van der Waals surface area contributed by atoms with Gasteiger partial charge in [-0.2, -0.15) is 11.8 Å².